The highest BCUT2D eigenvalue weighted by atomic mass is 16.3. The average molecular weight is 782 g/mol. The highest BCUT2D eigenvalue weighted by Crippen LogP contribution is 2.45. The number of hydrogen-bond acceptors (Lipinski definition) is 4. The fourth-order valence-electron chi connectivity index (χ4n) is 9.65. The molecule has 284 valence electrons. The Hall–Kier alpha value is -8.28. The molecule has 4 aromatic heterocycles. The van der Waals surface area contributed by atoms with Gasteiger partial charge in [-0.1, -0.05) is 109 Å². The minimum atomic E-state index is -0.117. The summed E-state index contributed by atoms with van der Waals surface area (Å²) in [6, 6.07) is 63.4. The Morgan fingerprint density at radius 3 is 1.44 bits per heavy atom. The van der Waals surface area contributed by atoms with E-state index in [1.807, 2.05) is 72.8 Å². The van der Waals surface area contributed by atoms with Crippen molar-refractivity contribution >= 4 is 82.0 Å². The second-order valence-corrected chi connectivity index (χ2v) is 15.9. The van der Waals surface area contributed by atoms with E-state index in [0.717, 1.165) is 44.5 Å². The molecule has 0 radical (unpaired) electrons. The Labute approximate surface area is 346 Å². The van der Waals surface area contributed by atoms with E-state index in [-0.39, 0.29) is 10.9 Å². The molecule has 13 rings (SSSR count). The summed E-state index contributed by atoms with van der Waals surface area (Å²) in [5.74, 6) is 0. The van der Waals surface area contributed by atoms with Crippen LogP contribution in [0.4, 0.5) is 0 Å². The third-order valence-corrected chi connectivity index (χ3v) is 12.5. The molecule has 0 N–H and O–H groups in total. The quantitative estimate of drug-likeness (QED) is 0.167. The number of hydrogen-bond donors (Lipinski definition) is 0. The molecule has 0 fully saturated rings. The van der Waals surface area contributed by atoms with Crippen molar-refractivity contribution in [3.63, 3.8) is 0 Å². The Bertz CT molecular complexity index is 4100. The first-order chi connectivity index (χ1) is 30.1. The van der Waals surface area contributed by atoms with Gasteiger partial charge < -0.3 is 13.2 Å². The van der Waals surface area contributed by atoms with Gasteiger partial charge in [0.25, 0.3) is 0 Å². The molecule has 0 aliphatic heterocycles. The van der Waals surface area contributed by atoms with Crippen LogP contribution in [0.15, 0.2) is 206 Å². The number of rotatable bonds is 4. The fourth-order valence-corrected chi connectivity index (χ4v) is 9.65. The first-order valence-electron chi connectivity index (χ1n) is 20.4. The monoisotopic (exact) mass is 781 g/mol. The number of para-hydroxylation sites is 3. The van der Waals surface area contributed by atoms with E-state index in [4.69, 9.17) is 8.83 Å². The van der Waals surface area contributed by atoms with Gasteiger partial charge in [0, 0.05) is 21.5 Å². The van der Waals surface area contributed by atoms with Gasteiger partial charge in [-0.2, -0.15) is 0 Å². The molecule has 0 atom stereocenters. The van der Waals surface area contributed by atoms with Gasteiger partial charge in [0.15, 0.2) is 0 Å². The summed E-state index contributed by atoms with van der Waals surface area (Å²) in [4.78, 5) is 28.0. The molecule has 5 nitrogen and oxygen atoms in total. The summed E-state index contributed by atoms with van der Waals surface area (Å²) in [5, 5.41) is 6.91. The second-order valence-electron chi connectivity index (χ2n) is 15.9. The lowest BCUT2D eigenvalue weighted by molar-refractivity contribution is 0.659. The van der Waals surface area contributed by atoms with Crippen LogP contribution in [-0.2, 0) is 0 Å². The van der Waals surface area contributed by atoms with Crippen LogP contribution in [-0.4, -0.2) is 4.40 Å². The minimum Gasteiger partial charge on any atom is -0.456 e. The van der Waals surface area contributed by atoms with Crippen LogP contribution in [0.25, 0.3) is 126 Å². The van der Waals surface area contributed by atoms with E-state index >= 15 is 0 Å². The Morgan fingerprint density at radius 2 is 0.787 bits per heavy atom. The van der Waals surface area contributed by atoms with Gasteiger partial charge in [-0.25, -0.2) is 0 Å². The summed E-state index contributed by atoms with van der Waals surface area (Å²) in [7, 11) is 0. The first kappa shape index (κ1) is 33.7. The Balaban J connectivity index is 0.992. The topological polar surface area (TPSA) is 64.8 Å². The van der Waals surface area contributed by atoms with Crippen molar-refractivity contribution in [2.45, 2.75) is 0 Å². The van der Waals surface area contributed by atoms with Crippen molar-refractivity contribution in [1.82, 2.24) is 4.40 Å². The predicted molar refractivity (Wildman–Crippen MR) is 250 cm³/mol. The largest absolute Gasteiger partial charge is 0.456 e. The highest BCUT2D eigenvalue weighted by molar-refractivity contribution is 6.27. The summed E-state index contributed by atoms with van der Waals surface area (Å²) >= 11 is 0. The smallest absolute Gasteiger partial charge is 0.200 e. The van der Waals surface area contributed by atoms with Crippen LogP contribution < -0.4 is 10.9 Å². The van der Waals surface area contributed by atoms with E-state index in [2.05, 4.69) is 108 Å². The van der Waals surface area contributed by atoms with E-state index in [0.29, 0.717) is 43.9 Å². The van der Waals surface area contributed by atoms with Gasteiger partial charge in [-0.15, -0.1) is 0 Å². The standard InChI is InChI=1S/C56H31NO4/c58-55-43-14-6-9-17-49(43)60-50-23-18-33(29-44(50)55)34-19-24-51-45(30-34)56(59)46-31-35(20-25-52(46)61-51)37-26-36(32-10-2-1-3-11-32)27-38(28-37)39-21-22-41-40-12-4-7-15-47(40)57-48-16-8-5-13-42(48)53(39)54(41)57/h1-31H. The van der Waals surface area contributed by atoms with Crippen molar-refractivity contribution in [2.75, 3.05) is 0 Å². The second kappa shape index (κ2) is 12.6. The first-order valence-corrected chi connectivity index (χ1v) is 20.4. The SMILES string of the molecule is O=c1c2ccccc2oc2ccc(-c3ccc4oc5ccc(-c6cc(-c7ccccc7)cc(-c7ccc8c9ccccc9n9c%10ccccc%10c7c89)c6)cc5c(=O)c4c3)cc12. The predicted octanol–water partition coefficient (Wildman–Crippen LogP) is 14.0. The lowest BCUT2D eigenvalue weighted by Crippen LogP contribution is -2.03. The van der Waals surface area contributed by atoms with Gasteiger partial charge in [0.2, 0.25) is 10.9 Å². The van der Waals surface area contributed by atoms with E-state index in [1.165, 1.54) is 38.1 Å². The summed E-state index contributed by atoms with van der Waals surface area (Å²) in [6.45, 7) is 0. The molecule has 0 saturated carbocycles. The third-order valence-electron chi connectivity index (χ3n) is 12.5. The van der Waals surface area contributed by atoms with Crippen LogP contribution in [0.2, 0.25) is 0 Å². The average Bonchev–Trinajstić information content (AvgIpc) is 3.84. The van der Waals surface area contributed by atoms with Gasteiger partial charge in [-0.05, 0) is 123 Å². The summed E-state index contributed by atoms with van der Waals surface area (Å²) < 4.78 is 14.9. The highest BCUT2D eigenvalue weighted by Gasteiger charge is 2.21. The molecule has 0 unspecified atom stereocenters. The normalized spacial score (nSPS) is 12.1. The fraction of sp³-hybridized carbons (Fsp3) is 0. The van der Waals surface area contributed by atoms with Crippen molar-refractivity contribution in [2.24, 2.45) is 0 Å². The molecular weight excluding hydrogens is 751 g/mol. The molecule has 61 heavy (non-hydrogen) atoms. The maximum atomic E-state index is 14.5. The van der Waals surface area contributed by atoms with E-state index < -0.39 is 0 Å². The third kappa shape index (κ3) is 4.95. The molecule has 5 heteroatoms. The van der Waals surface area contributed by atoms with E-state index in [9.17, 15) is 9.59 Å². The zero-order valence-electron chi connectivity index (χ0n) is 32.5. The minimum absolute atomic E-state index is 0.0884. The van der Waals surface area contributed by atoms with Crippen LogP contribution in [0.1, 0.15) is 0 Å². The van der Waals surface area contributed by atoms with Crippen LogP contribution in [0.5, 0.6) is 0 Å². The lowest BCUT2D eigenvalue weighted by Gasteiger charge is -2.13. The number of nitrogens with zero attached hydrogens (tertiary/aromatic N) is 1. The molecule has 0 amide bonds. The van der Waals surface area contributed by atoms with Crippen LogP contribution in [0, 0.1) is 0 Å². The van der Waals surface area contributed by atoms with Gasteiger partial charge in [0.05, 0.1) is 38.1 Å². The number of benzene rings is 9. The van der Waals surface area contributed by atoms with Gasteiger partial charge in [0.1, 0.15) is 22.3 Å². The molecule has 13 aromatic rings. The van der Waals surface area contributed by atoms with Gasteiger partial charge in [-0.3, -0.25) is 9.59 Å². The molecule has 0 aliphatic rings. The molecule has 0 bridgehead atoms. The molecular formula is C56H31NO4. The summed E-state index contributed by atoms with van der Waals surface area (Å²) in [5.41, 5.74) is 13.4. The molecule has 0 spiro atoms. The van der Waals surface area contributed by atoms with E-state index in [1.54, 1.807) is 12.1 Å². The molecule has 0 aliphatic carbocycles. The van der Waals surface area contributed by atoms with Crippen LogP contribution in [0.3, 0.4) is 0 Å². The lowest BCUT2D eigenvalue weighted by atomic mass is 9.90. The molecule has 4 heterocycles. The van der Waals surface area contributed by atoms with Crippen molar-refractivity contribution in [3.05, 3.63) is 209 Å². The van der Waals surface area contributed by atoms with Crippen LogP contribution >= 0.6 is 0 Å². The molecule has 0 saturated heterocycles. The van der Waals surface area contributed by atoms with Gasteiger partial charge >= 0.3 is 0 Å². The zero-order valence-corrected chi connectivity index (χ0v) is 32.5. The maximum Gasteiger partial charge on any atom is 0.200 e. The van der Waals surface area contributed by atoms with Crippen molar-refractivity contribution in [1.29, 1.82) is 0 Å². The molecule has 9 aromatic carbocycles. The van der Waals surface area contributed by atoms with Crippen molar-refractivity contribution < 1.29 is 8.83 Å². The number of fused-ring (bicyclic) bond motifs is 10. The Morgan fingerprint density at radius 1 is 0.311 bits per heavy atom. The zero-order chi connectivity index (χ0) is 40.3. The number of aromatic nitrogens is 1. The Kier molecular flexibility index (Phi) is 6.96. The summed E-state index contributed by atoms with van der Waals surface area (Å²) in [6.07, 6.45) is 0. The van der Waals surface area contributed by atoms with Crippen molar-refractivity contribution in [3.8, 4) is 44.5 Å². The maximum absolute atomic E-state index is 14.5.